The van der Waals surface area contributed by atoms with Crippen LogP contribution in [0.1, 0.15) is 66.6 Å². The molecule has 0 unspecified atom stereocenters. The van der Waals surface area contributed by atoms with Crippen molar-refractivity contribution in [1.29, 1.82) is 0 Å². The van der Waals surface area contributed by atoms with E-state index < -0.39 is 11.6 Å². The minimum atomic E-state index is -1.28. The number of thioether (sulfide) groups is 1. The van der Waals surface area contributed by atoms with E-state index in [0.29, 0.717) is 11.7 Å². The lowest BCUT2D eigenvalue weighted by atomic mass is 9.84. The van der Waals surface area contributed by atoms with E-state index in [1.54, 1.807) is 25.6 Å². The Balaban J connectivity index is 1.67. The molecule has 32 heavy (non-hydrogen) atoms. The minimum absolute atomic E-state index is 0.108. The second kappa shape index (κ2) is 10.1. The first-order valence-electron chi connectivity index (χ1n) is 11.3. The minimum Gasteiger partial charge on any atom is -0.478 e. The second-order valence-corrected chi connectivity index (χ2v) is 10.3. The molecule has 172 valence electrons. The summed E-state index contributed by atoms with van der Waals surface area (Å²) in [4.78, 5) is 25.7. The molecule has 1 N–H and O–H groups in total. The summed E-state index contributed by atoms with van der Waals surface area (Å²) in [5.74, 6) is 0.456. The van der Waals surface area contributed by atoms with Crippen LogP contribution in [0.2, 0.25) is 0 Å². The van der Waals surface area contributed by atoms with Gasteiger partial charge < -0.3 is 9.84 Å². The fourth-order valence-electron chi connectivity index (χ4n) is 4.69. The number of ether oxygens (including phenoxy) is 1. The maximum absolute atomic E-state index is 13.1. The number of hydrogen-bond donors (Lipinski definition) is 1. The third kappa shape index (κ3) is 5.55. The molecule has 0 radical (unpaired) electrons. The molecule has 0 aliphatic heterocycles. The number of aryl methyl sites for hydroxylation is 3. The molecule has 0 saturated heterocycles. The number of carbonyl (C=O) groups excluding carboxylic acids is 1. The van der Waals surface area contributed by atoms with Crippen molar-refractivity contribution in [2.24, 2.45) is 11.8 Å². The molecular formula is C27H34O4S. The number of benzene rings is 2. The molecule has 0 bridgehead atoms. The van der Waals surface area contributed by atoms with Gasteiger partial charge in [-0.05, 0) is 94.4 Å². The van der Waals surface area contributed by atoms with E-state index in [4.69, 9.17) is 4.74 Å². The normalized spacial score (nSPS) is 18.5. The molecule has 2 atom stereocenters. The maximum atomic E-state index is 13.1. The van der Waals surface area contributed by atoms with Gasteiger partial charge >= 0.3 is 5.97 Å². The number of aliphatic carboxylic acids is 1. The zero-order valence-electron chi connectivity index (χ0n) is 19.7. The van der Waals surface area contributed by atoms with Gasteiger partial charge in [0.1, 0.15) is 5.75 Å². The summed E-state index contributed by atoms with van der Waals surface area (Å²) in [5.41, 5.74) is 2.66. The number of Topliss-reactive ketones (excluding diaryl/α,β-unsaturated/α-hetero) is 1. The molecule has 2 aromatic carbocycles. The summed E-state index contributed by atoms with van der Waals surface area (Å²) in [6.07, 6.45) is 7.12. The molecule has 2 aromatic rings. The Kier molecular flexibility index (Phi) is 7.71. The number of ketones is 1. The highest BCUT2D eigenvalue weighted by atomic mass is 32.2. The van der Waals surface area contributed by atoms with Crippen LogP contribution in [-0.2, 0) is 11.2 Å². The lowest BCUT2D eigenvalue weighted by molar-refractivity contribution is -0.152. The van der Waals surface area contributed by atoms with Crippen molar-refractivity contribution < 1.29 is 19.4 Å². The Hall–Kier alpha value is -2.27. The highest BCUT2D eigenvalue weighted by molar-refractivity contribution is 7.98. The molecule has 0 spiro atoms. The van der Waals surface area contributed by atoms with Crippen LogP contribution in [0.25, 0.3) is 0 Å². The lowest BCUT2D eigenvalue weighted by Crippen LogP contribution is -2.38. The summed E-state index contributed by atoms with van der Waals surface area (Å²) in [6, 6.07) is 12.2. The first kappa shape index (κ1) is 24.4. The highest BCUT2D eigenvalue weighted by Crippen LogP contribution is 2.38. The molecule has 1 saturated carbocycles. The third-order valence-corrected chi connectivity index (χ3v) is 7.31. The lowest BCUT2D eigenvalue weighted by Gasteiger charge is -2.25. The molecular weight excluding hydrogens is 420 g/mol. The van der Waals surface area contributed by atoms with Crippen molar-refractivity contribution in [3.63, 3.8) is 0 Å². The van der Waals surface area contributed by atoms with Crippen molar-refractivity contribution in [1.82, 2.24) is 0 Å². The van der Waals surface area contributed by atoms with E-state index in [2.05, 4.69) is 12.1 Å². The molecule has 1 aliphatic carbocycles. The van der Waals surface area contributed by atoms with Gasteiger partial charge in [0, 0.05) is 16.4 Å². The number of rotatable bonds is 9. The number of carboxylic acids is 1. The van der Waals surface area contributed by atoms with Gasteiger partial charge in [0.15, 0.2) is 11.4 Å². The van der Waals surface area contributed by atoms with Gasteiger partial charge in [0.2, 0.25) is 0 Å². The zero-order valence-corrected chi connectivity index (χ0v) is 20.6. The van der Waals surface area contributed by atoms with Crippen LogP contribution in [0.15, 0.2) is 41.3 Å². The largest absolute Gasteiger partial charge is 0.478 e. The molecule has 3 rings (SSSR count). The fourth-order valence-corrected chi connectivity index (χ4v) is 5.10. The molecule has 0 heterocycles. The van der Waals surface area contributed by atoms with Crippen LogP contribution in [0, 0.1) is 25.7 Å². The van der Waals surface area contributed by atoms with Crippen molar-refractivity contribution in [3.05, 3.63) is 58.7 Å². The summed E-state index contributed by atoms with van der Waals surface area (Å²) < 4.78 is 5.83. The summed E-state index contributed by atoms with van der Waals surface area (Å²) in [7, 11) is 0. The van der Waals surface area contributed by atoms with E-state index >= 15 is 0 Å². The molecule has 0 amide bonds. The van der Waals surface area contributed by atoms with E-state index in [0.717, 1.165) is 48.8 Å². The SMILES string of the molecule is CSc1ccc(C(=O)[C@H]2CCC[C@@H]2CCc2cc(C)c(OC(C)(C)C(=O)O)c(C)c2)cc1. The Morgan fingerprint density at radius 2 is 1.72 bits per heavy atom. The van der Waals surface area contributed by atoms with Gasteiger partial charge in [-0.1, -0.05) is 30.7 Å². The standard InChI is InChI=1S/C27H34O4S/c1-17-15-19(16-18(2)25(17)31-27(3,4)26(29)30)9-10-20-7-6-8-23(20)24(28)21-11-13-22(32-5)14-12-21/h11-16,20,23H,6-10H2,1-5H3,(H,29,30)/t20-,23+/m1/s1. The van der Waals surface area contributed by atoms with Crippen molar-refractivity contribution >= 4 is 23.5 Å². The van der Waals surface area contributed by atoms with Crippen LogP contribution in [-0.4, -0.2) is 28.7 Å². The predicted molar refractivity (Wildman–Crippen MR) is 130 cm³/mol. The van der Waals surface area contributed by atoms with Crippen LogP contribution in [0.4, 0.5) is 0 Å². The fraction of sp³-hybridized carbons (Fsp3) is 0.481. The van der Waals surface area contributed by atoms with Crippen molar-refractivity contribution in [2.45, 2.75) is 70.3 Å². The van der Waals surface area contributed by atoms with Crippen molar-refractivity contribution in [3.8, 4) is 5.75 Å². The van der Waals surface area contributed by atoms with Crippen LogP contribution >= 0.6 is 11.8 Å². The van der Waals surface area contributed by atoms with Gasteiger partial charge in [-0.2, -0.15) is 0 Å². The third-order valence-electron chi connectivity index (χ3n) is 6.57. The Morgan fingerprint density at radius 1 is 1.09 bits per heavy atom. The molecule has 1 aliphatic rings. The van der Waals surface area contributed by atoms with Crippen LogP contribution in [0.3, 0.4) is 0 Å². The van der Waals surface area contributed by atoms with E-state index in [9.17, 15) is 14.7 Å². The second-order valence-electron chi connectivity index (χ2n) is 9.41. The van der Waals surface area contributed by atoms with E-state index in [1.807, 2.05) is 44.4 Å². The molecule has 1 fully saturated rings. The summed E-state index contributed by atoms with van der Waals surface area (Å²) in [5, 5.41) is 9.37. The average Bonchev–Trinajstić information content (AvgIpc) is 3.23. The smallest absolute Gasteiger partial charge is 0.347 e. The van der Waals surface area contributed by atoms with Crippen LogP contribution in [0.5, 0.6) is 5.75 Å². The monoisotopic (exact) mass is 454 g/mol. The van der Waals surface area contributed by atoms with Gasteiger partial charge in [-0.25, -0.2) is 4.79 Å². The first-order valence-corrected chi connectivity index (χ1v) is 12.6. The average molecular weight is 455 g/mol. The van der Waals surface area contributed by atoms with Crippen LogP contribution < -0.4 is 4.74 Å². The molecule has 5 heteroatoms. The van der Waals surface area contributed by atoms with Gasteiger partial charge in [0.05, 0.1) is 0 Å². The molecule has 0 aromatic heterocycles. The van der Waals surface area contributed by atoms with E-state index in [1.165, 1.54) is 10.5 Å². The van der Waals surface area contributed by atoms with E-state index in [-0.39, 0.29) is 11.7 Å². The predicted octanol–water partition coefficient (Wildman–Crippen LogP) is 6.50. The number of carboxylic acid groups (broad SMARTS) is 1. The Morgan fingerprint density at radius 3 is 2.28 bits per heavy atom. The van der Waals surface area contributed by atoms with Gasteiger partial charge in [0.25, 0.3) is 0 Å². The number of carbonyl (C=O) groups is 2. The first-order chi connectivity index (χ1) is 15.1. The summed E-state index contributed by atoms with van der Waals surface area (Å²) >= 11 is 1.69. The Bertz CT molecular complexity index is 955. The quantitative estimate of drug-likeness (QED) is 0.346. The highest BCUT2D eigenvalue weighted by Gasteiger charge is 2.33. The zero-order chi connectivity index (χ0) is 23.5. The van der Waals surface area contributed by atoms with Crippen molar-refractivity contribution in [2.75, 3.05) is 6.26 Å². The van der Waals surface area contributed by atoms with Gasteiger partial charge in [-0.15, -0.1) is 11.8 Å². The Labute approximate surface area is 195 Å². The topological polar surface area (TPSA) is 63.6 Å². The molecule has 4 nitrogen and oxygen atoms in total. The number of hydrogen-bond acceptors (Lipinski definition) is 4. The van der Waals surface area contributed by atoms with Gasteiger partial charge in [-0.3, -0.25) is 4.79 Å². The summed E-state index contributed by atoms with van der Waals surface area (Å²) in [6.45, 7) is 7.05. The maximum Gasteiger partial charge on any atom is 0.347 e.